The van der Waals surface area contributed by atoms with Gasteiger partial charge in [0.05, 0.1) is 29.5 Å². The van der Waals surface area contributed by atoms with E-state index in [-0.39, 0.29) is 38.3 Å². The summed E-state index contributed by atoms with van der Waals surface area (Å²) < 4.78 is 45.7. The van der Waals surface area contributed by atoms with Crippen LogP contribution in [0, 0.1) is 17.1 Å². The van der Waals surface area contributed by atoms with Gasteiger partial charge in [-0.15, -0.1) is 0 Å². The Labute approximate surface area is 212 Å². The van der Waals surface area contributed by atoms with E-state index in [1.165, 1.54) is 50.4 Å². The van der Waals surface area contributed by atoms with Crippen LogP contribution < -0.4 is 5.32 Å². The molecule has 0 aliphatic rings. The van der Waals surface area contributed by atoms with Crippen molar-refractivity contribution in [1.82, 2.24) is 9.97 Å². The van der Waals surface area contributed by atoms with Crippen LogP contribution in [0.1, 0.15) is 6.92 Å². The molecule has 9 nitrogen and oxygen atoms in total. The zero-order valence-corrected chi connectivity index (χ0v) is 20.6. The molecule has 37 heavy (non-hydrogen) atoms. The second-order valence-corrected chi connectivity index (χ2v) is 9.32. The van der Waals surface area contributed by atoms with Crippen molar-refractivity contribution in [2.24, 2.45) is 0 Å². The van der Waals surface area contributed by atoms with Crippen molar-refractivity contribution in [3.8, 4) is 17.3 Å². The molecule has 0 saturated carbocycles. The first-order valence-electron chi connectivity index (χ1n) is 10.6. The maximum Gasteiger partial charge on any atom is 0.272 e. The van der Waals surface area contributed by atoms with Gasteiger partial charge in [0.2, 0.25) is 15.8 Å². The molecule has 188 valence electrons. The number of hydrogen-bond acceptors (Lipinski definition) is 8. The Hall–Kier alpha value is -4.82. The average molecular weight is 521 g/mol. The van der Waals surface area contributed by atoms with Crippen molar-refractivity contribution in [2.45, 2.75) is 16.7 Å². The smallest absolute Gasteiger partial charge is 0.272 e. The third kappa shape index (κ3) is 5.71. The first kappa shape index (κ1) is 26.8. The van der Waals surface area contributed by atoms with Crippen molar-refractivity contribution >= 4 is 21.7 Å². The van der Waals surface area contributed by atoms with Crippen molar-refractivity contribution in [3.63, 3.8) is 0 Å². The SMILES string of the molecule is C=CC(/C(O)=C(\C#N)C(=O)Nc1ncc(S(=O)(=O)c2ccccc2)c(-c2cccc(F)c2)n1)=C(/C)OC. The second kappa shape index (κ2) is 11.3. The van der Waals surface area contributed by atoms with Gasteiger partial charge in [-0.3, -0.25) is 10.1 Å². The van der Waals surface area contributed by atoms with E-state index in [4.69, 9.17) is 4.74 Å². The Morgan fingerprint density at radius 1 is 1.22 bits per heavy atom. The highest BCUT2D eigenvalue weighted by Gasteiger charge is 2.26. The van der Waals surface area contributed by atoms with Gasteiger partial charge in [0, 0.05) is 5.56 Å². The van der Waals surface area contributed by atoms with Crippen LogP contribution >= 0.6 is 0 Å². The number of hydrogen-bond donors (Lipinski definition) is 2. The average Bonchev–Trinajstić information content (AvgIpc) is 2.89. The molecule has 0 spiro atoms. The summed E-state index contributed by atoms with van der Waals surface area (Å²) in [5, 5.41) is 22.2. The number of benzene rings is 2. The molecule has 0 radical (unpaired) electrons. The maximum atomic E-state index is 14.0. The Morgan fingerprint density at radius 3 is 2.51 bits per heavy atom. The number of carbonyl (C=O) groups is 1. The molecule has 2 N–H and O–H groups in total. The third-order valence-corrected chi connectivity index (χ3v) is 6.91. The lowest BCUT2D eigenvalue weighted by atomic mass is 10.1. The van der Waals surface area contributed by atoms with Gasteiger partial charge in [0.25, 0.3) is 5.91 Å². The summed E-state index contributed by atoms with van der Waals surface area (Å²) in [5.74, 6) is -2.59. The number of sulfone groups is 1. The minimum Gasteiger partial charge on any atom is -0.506 e. The number of methoxy groups -OCH3 is 1. The minimum absolute atomic E-state index is 0.0138. The number of rotatable bonds is 8. The summed E-state index contributed by atoms with van der Waals surface area (Å²) in [6.45, 7) is 5.04. The van der Waals surface area contributed by atoms with Crippen molar-refractivity contribution < 1.29 is 27.4 Å². The molecule has 0 aliphatic carbocycles. The number of aliphatic hydroxyl groups excluding tert-OH is 1. The van der Waals surface area contributed by atoms with Gasteiger partial charge >= 0.3 is 0 Å². The number of aliphatic hydroxyl groups is 1. The molecule has 1 heterocycles. The summed E-state index contributed by atoms with van der Waals surface area (Å²) in [5.41, 5.74) is -0.746. The van der Waals surface area contributed by atoms with E-state index in [2.05, 4.69) is 21.9 Å². The molecule has 11 heteroatoms. The molecule has 2 aromatic carbocycles. The Morgan fingerprint density at radius 2 is 1.92 bits per heavy atom. The fourth-order valence-electron chi connectivity index (χ4n) is 3.22. The highest BCUT2D eigenvalue weighted by Crippen LogP contribution is 2.31. The molecule has 0 unspecified atom stereocenters. The van der Waals surface area contributed by atoms with Crippen LogP contribution in [0.4, 0.5) is 10.3 Å². The Balaban J connectivity index is 2.13. The first-order valence-corrected chi connectivity index (χ1v) is 12.1. The van der Waals surface area contributed by atoms with Crippen molar-refractivity contribution in [3.05, 3.63) is 102 Å². The lowest BCUT2D eigenvalue weighted by Gasteiger charge is -2.12. The van der Waals surface area contributed by atoms with Crippen LogP contribution in [0.5, 0.6) is 0 Å². The minimum atomic E-state index is -4.13. The van der Waals surface area contributed by atoms with E-state index in [0.717, 1.165) is 12.3 Å². The molecule has 3 aromatic rings. The van der Waals surface area contributed by atoms with Gasteiger partial charge in [0.15, 0.2) is 5.57 Å². The number of carbonyl (C=O) groups excluding carboxylic acids is 1. The fraction of sp³-hybridized carbons (Fsp3) is 0.0769. The maximum absolute atomic E-state index is 14.0. The van der Waals surface area contributed by atoms with Gasteiger partial charge in [-0.1, -0.05) is 43.0 Å². The Bertz CT molecular complexity index is 1580. The predicted molar refractivity (Wildman–Crippen MR) is 133 cm³/mol. The van der Waals surface area contributed by atoms with E-state index in [1.807, 2.05) is 0 Å². The molecule has 0 aliphatic heterocycles. The molecule has 3 rings (SSSR count). The number of ether oxygens (including phenoxy) is 1. The summed E-state index contributed by atoms with van der Waals surface area (Å²) in [7, 11) is -2.79. The zero-order chi connectivity index (χ0) is 27.2. The summed E-state index contributed by atoms with van der Waals surface area (Å²) in [4.78, 5) is 20.5. The third-order valence-electron chi connectivity index (χ3n) is 5.14. The van der Waals surface area contributed by atoms with Crippen LogP contribution in [-0.2, 0) is 19.4 Å². The number of amides is 1. The monoisotopic (exact) mass is 520 g/mol. The second-order valence-electron chi connectivity index (χ2n) is 7.40. The largest absolute Gasteiger partial charge is 0.506 e. The molecular formula is C26H21FN4O5S. The molecular weight excluding hydrogens is 499 g/mol. The van der Waals surface area contributed by atoms with Gasteiger partial charge in [0.1, 0.15) is 28.3 Å². The highest BCUT2D eigenvalue weighted by molar-refractivity contribution is 7.91. The molecule has 0 bridgehead atoms. The van der Waals surface area contributed by atoms with E-state index >= 15 is 0 Å². The van der Waals surface area contributed by atoms with Gasteiger partial charge in [-0.05, 0) is 31.2 Å². The van der Waals surface area contributed by atoms with Gasteiger partial charge in [-0.2, -0.15) is 5.26 Å². The standard InChI is InChI=1S/C26H21FN4O5S/c1-4-20(16(2)36-3)24(32)21(14-28)25(33)31-26-29-15-22(37(34,35)19-11-6-5-7-12-19)23(30-26)17-9-8-10-18(27)13-17/h4-13,15,32H,1H2,2-3H3,(H,29,30,31,33)/b20-16+,24-21-. The predicted octanol–water partition coefficient (Wildman–Crippen LogP) is 4.50. The molecule has 1 aromatic heterocycles. The topological polar surface area (TPSA) is 142 Å². The zero-order valence-electron chi connectivity index (χ0n) is 19.8. The Kier molecular flexibility index (Phi) is 8.16. The van der Waals surface area contributed by atoms with E-state index in [1.54, 1.807) is 24.3 Å². The first-order chi connectivity index (χ1) is 17.6. The summed E-state index contributed by atoms with van der Waals surface area (Å²) in [6.07, 6.45) is 2.19. The molecule has 0 atom stereocenters. The summed E-state index contributed by atoms with van der Waals surface area (Å²) in [6, 6.07) is 14.2. The van der Waals surface area contributed by atoms with E-state index < -0.39 is 32.9 Å². The molecule has 0 fully saturated rings. The fourth-order valence-corrected chi connectivity index (χ4v) is 4.60. The number of nitrogens with zero attached hydrogens (tertiary/aromatic N) is 3. The van der Waals surface area contributed by atoms with Crippen LogP contribution in [0.15, 0.2) is 106 Å². The van der Waals surface area contributed by atoms with Crippen LogP contribution in [-0.4, -0.2) is 36.5 Å². The number of nitrogens with one attached hydrogen (secondary N) is 1. The number of anilines is 1. The highest BCUT2D eigenvalue weighted by atomic mass is 32.2. The molecule has 0 saturated heterocycles. The number of halogens is 1. The van der Waals surface area contributed by atoms with Crippen LogP contribution in [0.3, 0.4) is 0 Å². The van der Waals surface area contributed by atoms with Crippen LogP contribution in [0.2, 0.25) is 0 Å². The van der Waals surface area contributed by atoms with E-state index in [0.29, 0.717) is 0 Å². The number of allylic oxidation sites excluding steroid dienone is 2. The van der Waals surface area contributed by atoms with Crippen LogP contribution in [0.25, 0.3) is 11.3 Å². The quantitative estimate of drug-likeness (QED) is 0.191. The number of nitriles is 1. The van der Waals surface area contributed by atoms with Crippen molar-refractivity contribution in [2.75, 3.05) is 12.4 Å². The normalized spacial score (nSPS) is 12.5. The number of aromatic nitrogens is 2. The molecule has 1 amide bonds. The lowest BCUT2D eigenvalue weighted by Crippen LogP contribution is -2.19. The van der Waals surface area contributed by atoms with Gasteiger partial charge in [-0.25, -0.2) is 22.8 Å². The van der Waals surface area contributed by atoms with E-state index in [9.17, 15) is 28.0 Å². The summed E-state index contributed by atoms with van der Waals surface area (Å²) >= 11 is 0. The lowest BCUT2D eigenvalue weighted by molar-refractivity contribution is -0.112. The van der Waals surface area contributed by atoms with Gasteiger partial charge < -0.3 is 9.84 Å². The van der Waals surface area contributed by atoms with Crippen molar-refractivity contribution in [1.29, 1.82) is 5.26 Å².